The molecule has 0 saturated carbocycles. The van der Waals surface area contributed by atoms with E-state index in [1.165, 1.54) is 12.3 Å². The van der Waals surface area contributed by atoms with Crippen LogP contribution in [0.2, 0.25) is 0 Å². The van der Waals surface area contributed by atoms with E-state index in [2.05, 4.69) is 10.5 Å². The summed E-state index contributed by atoms with van der Waals surface area (Å²) in [5.41, 5.74) is 2.21. The number of aromatic hydroxyl groups is 1. The minimum absolute atomic E-state index is 0.0425. The van der Waals surface area contributed by atoms with Gasteiger partial charge in [-0.1, -0.05) is 6.07 Å². The van der Waals surface area contributed by atoms with E-state index in [9.17, 15) is 23.6 Å². The fraction of sp³-hybridized carbons (Fsp3) is 0.133. The molecule has 0 spiro atoms. The molecule has 0 bridgehead atoms. The summed E-state index contributed by atoms with van der Waals surface area (Å²) in [6, 6.07) is 7.93. The molecule has 26 heavy (non-hydrogen) atoms. The van der Waals surface area contributed by atoms with Crippen molar-refractivity contribution in [2.45, 2.75) is 11.8 Å². The third-order valence-corrected chi connectivity index (χ3v) is 4.12. The molecule has 0 heterocycles. The zero-order chi connectivity index (χ0) is 19.3. The summed E-state index contributed by atoms with van der Waals surface area (Å²) >= 11 is 0. The van der Waals surface area contributed by atoms with Crippen molar-refractivity contribution in [2.75, 3.05) is 12.0 Å². The van der Waals surface area contributed by atoms with Gasteiger partial charge in [0.25, 0.3) is 5.69 Å². The highest BCUT2D eigenvalue weighted by Gasteiger charge is 2.18. The first-order chi connectivity index (χ1) is 12.2. The molecule has 138 valence electrons. The number of ether oxygens (including phenoxy) is 1. The molecule has 10 nitrogen and oxygen atoms in total. The first-order valence-corrected chi connectivity index (χ1v) is 8.83. The van der Waals surface area contributed by atoms with Gasteiger partial charge in [0.05, 0.1) is 22.6 Å². The first-order valence-electron chi connectivity index (χ1n) is 7.29. The molecular formula is C15H16N4O6S. The van der Waals surface area contributed by atoms with E-state index in [4.69, 9.17) is 9.88 Å². The number of benzene rings is 2. The molecule has 0 atom stereocenters. The molecule has 0 aliphatic carbocycles. The van der Waals surface area contributed by atoms with Crippen LogP contribution in [-0.4, -0.2) is 31.3 Å². The van der Waals surface area contributed by atoms with Crippen molar-refractivity contribution in [1.29, 1.82) is 0 Å². The Balaban J connectivity index is 2.28. The van der Waals surface area contributed by atoms with Crippen LogP contribution in [0.25, 0.3) is 0 Å². The molecular weight excluding hydrogens is 364 g/mol. The lowest BCUT2D eigenvalue weighted by Gasteiger charge is -2.07. The predicted molar refractivity (Wildman–Crippen MR) is 95.0 cm³/mol. The van der Waals surface area contributed by atoms with Crippen LogP contribution in [0.15, 0.2) is 46.4 Å². The largest absolute Gasteiger partial charge is 0.504 e. The average molecular weight is 380 g/mol. The number of nitrogens with zero attached hydrogens (tertiary/aromatic N) is 2. The van der Waals surface area contributed by atoms with E-state index in [0.29, 0.717) is 12.2 Å². The molecule has 0 aromatic heterocycles. The summed E-state index contributed by atoms with van der Waals surface area (Å²) in [4.78, 5) is 9.97. The number of nitro benzene ring substituents is 1. The molecule has 0 radical (unpaired) electrons. The van der Waals surface area contributed by atoms with Crippen LogP contribution in [-0.2, 0) is 10.0 Å². The van der Waals surface area contributed by atoms with Gasteiger partial charge in [0.15, 0.2) is 11.5 Å². The fourth-order valence-corrected chi connectivity index (χ4v) is 2.55. The second kappa shape index (κ2) is 7.80. The maximum Gasteiger partial charge on any atom is 0.295 e. The Morgan fingerprint density at radius 1 is 1.38 bits per heavy atom. The maximum absolute atomic E-state index is 11.3. The Hall–Kier alpha value is -3.18. The number of sulfonamides is 1. The number of hydrogen-bond donors (Lipinski definition) is 3. The molecule has 11 heteroatoms. The van der Waals surface area contributed by atoms with Crippen molar-refractivity contribution in [2.24, 2.45) is 10.2 Å². The molecule has 2 aromatic carbocycles. The van der Waals surface area contributed by atoms with E-state index in [1.807, 2.05) is 0 Å². The van der Waals surface area contributed by atoms with Gasteiger partial charge < -0.3 is 9.84 Å². The molecule has 4 N–H and O–H groups in total. The van der Waals surface area contributed by atoms with Gasteiger partial charge in [-0.25, -0.2) is 13.6 Å². The van der Waals surface area contributed by atoms with Crippen molar-refractivity contribution in [1.82, 2.24) is 0 Å². The lowest BCUT2D eigenvalue weighted by Crippen LogP contribution is -2.12. The van der Waals surface area contributed by atoms with E-state index in [-0.39, 0.29) is 22.1 Å². The Bertz CT molecular complexity index is 959. The Labute approximate surface area is 149 Å². The number of primary sulfonamides is 1. The van der Waals surface area contributed by atoms with Crippen molar-refractivity contribution in [3.8, 4) is 11.5 Å². The monoisotopic (exact) mass is 380 g/mol. The topological polar surface area (TPSA) is 157 Å². The lowest BCUT2D eigenvalue weighted by atomic mass is 10.2. The van der Waals surface area contributed by atoms with Gasteiger partial charge >= 0.3 is 0 Å². The minimum atomic E-state index is -4.07. The maximum atomic E-state index is 11.3. The van der Waals surface area contributed by atoms with Gasteiger partial charge in [0.2, 0.25) is 10.0 Å². The predicted octanol–water partition coefficient (Wildman–Crippen LogP) is 1.79. The van der Waals surface area contributed by atoms with Gasteiger partial charge in [-0.15, -0.1) is 0 Å². The molecule has 2 aromatic rings. The highest BCUT2D eigenvalue weighted by molar-refractivity contribution is 7.89. The average Bonchev–Trinajstić information content (AvgIpc) is 2.57. The number of phenolic OH excluding ortho intramolecular Hbond substituents is 1. The van der Waals surface area contributed by atoms with Gasteiger partial charge in [-0.3, -0.25) is 15.5 Å². The number of nitro groups is 1. The fourth-order valence-electron chi connectivity index (χ4n) is 2.02. The van der Waals surface area contributed by atoms with Crippen molar-refractivity contribution in [3.05, 3.63) is 52.1 Å². The van der Waals surface area contributed by atoms with Crippen molar-refractivity contribution < 1.29 is 23.2 Å². The molecule has 0 aliphatic rings. The van der Waals surface area contributed by atoms with Crippen LogP contribution < -0.4 is 15.3 Å². The molecule has 0 fully saturated rings. The van der Waals surface area contributed by atoms with Gasteiger partial charge in [0.1, 0.15) is 5.69 Å². The number of phenols is 1. The number of hydrazone groups is 1. The SMILES string of the molecule is CCOc1cccc(/C=N/Nc2ccc(S(N)(=O)=O)cc2[N+](=O)[O-])c1O. The quantitative estimate of drug-likeness (QED) is 0.375. The Morgan fingerprint density at radius 2 is 2.12 bits per heavy atom. The van der Waals surface area contributed by atoms with Crippen LogP contribution in [0.5, 0.6) is 11.5 Å². The number of nitrogens with two attached hydrogens (primary N) is 1. The molecule has 0 unspecified atom stereocenters. The van der Waals surface area contributed by atoms with Crippen LogP contribution in [0.1, 0.15) is 12.5 Å². The van der Waals surface area contributed by atoms with Gasteiger partial charge in [-0.2, -0.15) is 5.10 Å². The lowest BCUT2D eigenvalue weighted by molar-refractivity contribution is -0.384. The minimum Gasteiger partial charge on any atom is -0.504 e. The first kappa shape index (κ1) is 19.1. The molecule has 0 amide bonds. The number of rotatable bonds is 7. The summed E-state index contributed by atoms with van der Waals surface area (Å²) in [5, 5.41) is 30.0. The van der Waals surface area contributed by atoms with Gasteiger partial charge in [-0.05, 0) is 31.2 Å². The Kier molecular flexibility index (Phi) is 5.75. The standard InChI is InChI=1S/C15H16N4O6S/c1-2-25-14-5-3-4-10(15(14)20)9-17-18-12-7-6-11(26(16,23)24)8-13(12)19(21)22/h3-9,18,20H,2H2,1H3,(H2,16,23,24)/b17-9+. The van der Waals surface area contributed by atoms with Crippen LogP contribution in [0.4, 0.5) is 11.4 Å². The highest BCUT2D eigenvalue weighted by Crippen LogP contribution is 2.29. The summed E-state index contributed by atoms with van der Waals surface area (Å²) in [6.07, 6.45) is 1.25. The zero-order valence-corrected chi connectivity index (χ0v) is 14.4. The number of hydrogen-bond acceptors (Lipinski definition) is 8. The number of para-hydroxylation sites is 1. The van der Waals surface area contributed by atoms with Crippen LogP contribution in [0.3, 0.4) is 0 Å². The number of nitrogens with one attached hydrogen (secondary N) is 1. The molecule has 0 saturated heterocycles. The molecule has 2 rings (SSSR count). The second-order valence-electron chi connectivity index (χ2n) is 4.98. The summed E-state index contributed by atoms with van der Waals surface area (Å²) < 4.78 is 27.9. The third-order valence-electron chi connectivity index (χ3n) is 3.21. The van der Waals surface area contributed by atoms with E-state index in [1.54, 1.807) is 25.1 Å². The van der Waals surface area contributed by atoms with Gasteiger partial charge in [0, 0.05) is 11.6 Å². The second-order valence-corrected chi connectivity index (χ2v) is 6.54. The van der Waals surface area contributed by atoms with E-state index >= 15 is 0 Å². The smallest absolute Gasteiger partial charge is 0.295 e. The van der Waals surface area contributed by atoms with Crippen LogP contribution in [0, 0.1) is 10.1 Å². The third kappa shape index (κ3) is 4.46. The summed E-state index contributed by atoms with van der Waals surface area (Å²) in [6.45, 7) is 2.14. The zero-order valence-electron chi connectivity index (χ0n) is 13.6. The Morgan fingerprint density at radius 3 is 2.73 bits per heavy atom. The van der Waals surface area contributed by atoms with Crippen LogP contribution >= 0.6 is 0 Å². The highest BCUT2D eigenvalue weighted by atomic mass is 32.2. The molecule has 0 aliphatic heterocycles. The van der Waals surface area contributed by atoms with E-state index in [0.717, 1.165) is 12.1 Å². The van der Waals surface area contributed by atoms with Crippen molar-refractivity contribution in [3.63, 3.8) is 0 Å². The summed E-state index contributed by atoms with van der Waals surface area (Å²) in [5.74, 6) is 0.152. The number of anilines is 1. The normalized spacial score (nSPS) is 11.5. The summed E-state index contributed by atoms with van der Waals surface area (Å²) in [7, 11) is -4.07. The van der Waals surface area contributed by atoms with Crippen molar-refractivity contribution >= 4 is 27.6 Å². The van der Waals surface area contributed by atoms with E-state index < -0.39 is 20.6 Å².